The normalized spacial score (nSPS) is 17.3. The first-order chi connectivity index (χ1) is 8.53. The quantitative estimate of drug-likeness (QED) is 0.738. The van der Waals surface area contributed by atoms with Crippen LogP contribution in [0.3, 0.4) is 0 Å². The van der Waals surface area contributed by atoms with Crippen molar-refractivity contribution in [3.05, 3.63) is 23.9 Å². The lowest BCUT2D eigenvalue weighted by Gasteiger charge is -2.25. The van der Waals surface area contributed by atoms with Crippen molar-refractivity contribution < 1.29 is 14.7 Å². The fourth-order valence-corrected chi connectivity index (χ4v) is 2.27. The van der Waals surface area contributed by atoms with E-state index in [1.165, 1.54) is 18.3 Å². The van der Waals surface area contributed by atoms with Gasteiger partial charge in [-0.3, -0.25) is 4.79 Å². The third-order valence-electron chi connectivity index (χ3n) is 3.28. The zero-order valence-corrected chi connectivity index (χ0v) is 9.85. The molecule has 0 saturated heterocycles. The number of aliphatic carboxylic acids is 1. The smallest absolute Gasteiger partial charge is 0.329 e. The summed E-state index contributed by atoms with van der Waals surface area (Å²) in [7, 11) is 0. The lowest BCUT2D eigenvalue weighted by Crippen LogP contribution is -2.43. The third-order valence-corrected chi connectivity index (χ3v) is 3.28. The van der Waals surface area contributed by atoms with E-state index in [1.54, 1.807) is 0 Å². The van der Waals surface area contributed by atoms with Crippen molar-refractivity contribution in [3.63, 3.8) is 0 Å². The van der Waals surface area contributed by atoms with Gasteiger partial charge < -0.3 is 16.2 Å². The predicted octanol–water partition coefficient (Wildman–Crippen LogP) is 0.990. The number of amides is 1. The van der Waals surface area contributed by atoms with Gasteiger partial charge in [-0.25, -0.2) is 9.78 Å². The van der Waals surface area contributed by atoms with Gasteiger partial charge in [0.1, 0.15) is 11.4 Å². The Morgan fingerprint density at radius 3 is 2.61 bits per heavy atom. The van der Waals surface area contributed by atoms with Gasteiger partial charge in [0.2, 0.25) is 5.91 Å². The summed E-state index contributed by atoms with van der Waals surface area (Å²) < 4.78 is 0. The van der Waals surface area contributed by atoms with Crippen LogP contribution in [-0.2, 0) is 4.79 Å². The second kappa shape index (κ2) is 4.64. The van der Waals surface area contributed by atoms with Gasteiger partial charge in [0.05, 0.1) is 0 Å². The molecule has 6 heteroatoms. The highest BCUT2D eigenvalue weighted by Gasteiger charge is 2.41. The highest BCUT2D eigenvalue weighted by molar-refractivity contribution is 5.93. The molecule has 0 aromatic carbocycles. The fourth-order valence-electron chi connectivity index (χ4n) is 2.27. The molecule has 0 spiro atoms. The number of hydrogen-bond donors (Lipinski definition) is 3. The van der Waals surface area contributed by atoms with Gasteiger partial charge in [0.15, 0.2) is 0 Å². The number of carbonyl (C=O) groups excluding carboxylic acids is 1. The number of nitrogens with one attached hydrogen (secondary N) is 1. The molecule has 1 amide bonds. The molecule has 1 aromatic heterocycles. The molecule has 1 saturated carbocycles. The number of anilines is 1. The second-order valence-corrected chi connectivity index (χ2v) is 4.51. The van der Waals surface area contributed by atoms with Gasteiger partial charge in [-0.2, -0.15) is 0 Å². The van der Waals surface area contributed by atoms with E-state index in [-0.39, 0.29) is 0 Å². The molecule has 18 heavy (non-hydrogen) atoms. The Balaban J connectivity index is 2.24. The van der Waals surface area contributed by atoms with Crippen LogP contribution >= 0.6 is 0 Å². The monoisotopic (exact) mass is 249 g/mol. The molecule has 1 aliphatic carbocycles. The van der Waals surface area contributed by atoms with Crippen LogP contribution < -0.4 is 11.1 Å². The molecule has 1 heterocycles. The van der Waals surface area contributed by atoms with Crippen LogP contribution in [-0.4, -0.2) is 27.5 Å². The van der Waals surface area contributed by atoms with Crippen LogP contribution in [0.4, 0.5) is 5.82 Å². The molecule has 0 radical (unpaired) electrons. The van der Waals surface area contributed by atoms with Crippen molar-refractivity contribution in [2.75, 3.05) is 5.32 Å². The standard InChI is InChI=1S/C12H15N3O3/c13-10(16)8-3-6-14-9(7-8)15-12(11(17)18)4-1-2-5-12/h3,6-7H,1-2,4-5H2,(H2,13,16)(H,14,15)(H,17,18). The van der Waals surface area contributed by atoms with Gasteiger partial charge in [-0.15, -0.1) is 0 Å². The summed E-state index contributed by atoms with van der Waals surface area (Å²) in [5.41, 5.74) is 4.51. The van der Waals surface area contributed by atoms with Gasteiger partial charge in [0, 0.05) is 11.8 Å². The number of carboxylic acids is 1. The largest absolute Gasteiger partial charge is 0.480 e. The average Bonchev–Trinajstić information content (AvgIpc) is 2.79. The summed E-state index contributed by atoms with van der Waals surface area (Å²) in [5, 5.41) is 12.3. The second-order valence-electron chi connectivity index (χ2n) is 4.51. The van der Waals surface area contributed by atoms with E-state index in [9.17, 15) is 14.7 Å². The molecule has 0 bridgehead atoms. The molecule has 2 rings (SSSR count). The molecule has 1 fully saturated rings. The van der Waals surface area contributed by atoms with Crippen LogP contribution in [0.1, 0.15) is 36.0 Å². The van der Waals surface area contributed by atoms with E-state index in [4.69, 9.17) is 5.73 Å². The first-order valence-electron chi connectivity index (χ1n) is 5.81. The lowest BCUT2D eigenvalue weighted by molar-refractivity contribution is -0.142. The SMILES string of the molecule is NC(=O)c1ccnc(NC2(C(=O)O)CCCC2)c1. The molecular weight excluding hydrogens is 234 g/mol. The van der Waals surface area contributed by atoms with Gasteiger partial charge in [-0.1, -0.05) is 12.8 Å². The maximum absolute atomic E-state index is 11.4. The van der Waals surface area contributed by atoms with E-state index >= 15 is 0 Å². The maximum atomic E-state index is 11.4. The Morgan fingerprint density at radius 2 is 2.06 bits per heavy atom. The van der Waals surface area contributed by atoms with Crippen LogP contribution in [0.5, 0.6) is 0 Å². The summed E-state index contributed by atoms with van der Waals surface area (Å²) in [4.78, 5) is 26.4. The zero-order chi connectivity index (χ0) is 13.2. The molecule has 4 N–H and O–H groups in total. The van der Waals surface area contributed by atoms with Crippen LogP contribution in [0, 0.1) is 0 Å². The maximum Gasteiger partial charge on any atom is 0.329 e. The lowest BCUT2D eigenvalue weighted by atomic mass is 9.98. The Labute approximate surface area is 104 Å². The van der Waals surface area contributed by atoms with Crippen molar-refractivity contribution in [1.29, 1.82) is 0 Å². The highest BCUT2D eigenvalue weighted by Crippen LogP contribution is 2.33. The van der Waals surface area contributed by atoms with Gasteiger partial charge >= 0.3 is 5.97 Å². The minimum absolute atomic E-state index is 0.311. The number of carbonyl (C=O) groups is 2. The minimum atomic E-state index is -0.969. The van der Waals surface area contributed by atoms with Crippen LogP contribution in [0.15, 0.2) is 18.3 Å². The first kappa shape index (κ1) is 12.3. The molecule has 1 aromatic rings. The average molecular weight is 249 g/mol. The van der Waals surface area contributed by atoms with Crippen LogP contribution in [0.2, 0.25) is 0 Å². The summed E-state index contributed by atoms with van der Waals surface area (Å²) >= 11 is 0. The Hall–Kier alpha value is -2.11. The molecule has 0 atom stereocenters. The molecule has 96 valence electrons. The number of carboxylic acid groups (broad SMARTS) is 1. The summed E-state index contributed by atoms with van der Waals surface area (Å²) in [6, 6.07) is 2.97. The molecule has 6 nitrogen and oxygen atoms in total. The van der Waals surface area contributed by atoms with Crippen molar-refractivity contribution in [2.24, 2.45) is 5.73 Å². The molecular formula is C12H15N3O3. The minimum Gasteiger partial charge on any atom is -0.480 e. The van der Waals surface area contributed by atoms with Gasteiger partial charge in [0.25, 0.3) is 0 Å². The highest BCUT2D eigenvalue weighted by atomic mass is 16.4. The van der Waals surface area contributed by atoms with E-state index in [2.05, 4.69) is 10.3 Å². The summed E-state index contributed by atoms with van der Waals surface area (Å²) in [5.74, 6) is -1.07. The van der Waals surface area contributed by atoms with E-state index in [0.29, 0.717) is 24.2 Å². The number of nitrogens with two attached hydrogens (primary N) is 1. The van der Waals surface area contributed by atoms with E-state index in [0.717, 1.165) is 12.8 Å². The number of hydrogen-bond acceptors (Lipinski definition) is 4. The van der Waals surface area contributed by atoms with Crippen molar-refractivity contribution >= 4 is 17.7 Å². The van der Waals surface area contributed by atoms with Crippen molar-refractivity contribution in [3.8, 4) is 0 Å². The first-order valence-corrected chi connectivity index (χ1v) is 5.81. The topological polar surface area (TPSA) is 105 Å². The number of nitrogens with zero attached hydrogens (tertiary/aromatic N) is 1. The Kier molecular flexibility index (Phi) is 3.18. The van der Waals surface area contributed by atoms with Crippen molar-refractivity contribution in [1.82, 2.24) is 4.98 Å². The number of aromatic nitrogens is 1. The van der Waals surface area contributed by atoms with Crippen LogP contribution in [0.25, 0.3) is 0 Å². The van der Waals surface area contributed by atoms with Gasteiger partial charge in [-0.05, 0) is 25.0 Å². The zero-order valence-electron chi connectivity index (χ0n) is 9.85. The molecule has 0 unspecified atom stereocenters. The van der Waals surface area contributed by atoms with Crippen molar-refractivity contribution in [2.45, 2.75) is 31.2 Å². The third kappa shape index (κ3) is 2.27. The predicted molar refractivity (Wildman–Crippen MR) is 65.2 cm³/mol. The fraction of sp³-hybridized carbons (Fsp3) is 0.417. The summed E-state index contributed by atoms with van der Waals surface area (Å²) in [6.07, 6.45) is 4.30. The number of rotatable bonds is 4. The Bertz CT molecular complexity index is 481. The number of primary amides is 1. The van der Waals surface area contributed by atoms with E-state index < -0.39 is 17.4 Å². The Morgan fingerprint density at radius 1 is 1.39 bits per heavy atom. The molecule has 0 aliphatic heterocycles. The number of pyridine rings is 1. The summed E-state index contributed by atoms with van der Waals surface area (Å²) in [6.45, 7) is 0. The molecule has 1 aliphatic rings. The van der Waals surface area contributed by atoms with E-state index in [1.807, 2.05) is 0 Å².